The summed E-state index contributed by atoms with van der Waals surface area (Å²) in [5, 5.41) is 0. The van der Waals surface area contributed by atoms with Crippen LogP contribution in [0.2, 0.25) is 0 Å². The Labute approximate surface area is 173 Å². The maximum absolute atomic E-state index is 11.6. The first-order valence-corrected chi connectivity index (χ1v) is 8.02. The summed E-state index contributed by atoms with van der Waals surface area (Å²) in [6.07, 6.45) is 10.6. The van der Waals surface area contributed by atoms with E-state index in [0.717, 1.165) is 18.4 Å². The Kier molecular flexibility index (Phi) is 15.5. The van der Waals surface area contributed by atoms with Gasteiger partial charge in [-0.1, -0.05) is 82.2 Å². The Morgan fingerprint density at radius 1 is 0.952 bits per heavy atom. The minimum Gasteiger partial charge on any atom is -1.00 e. The van der Waals surface area contributed by atoms with E-state index in [2.05, 4.69) is 6.92 Å². The number of esters is 1. The van der Waals surface area contributed by atoms with Gasteiger partial charge in [-0.2, -0.15) is 0 Å². The van der Waals surface area contributed by atoms with Gasteiger partial charge in [0.15, 0.2) is 0 Å². The van der Waals surface area contributed by atoms with Crippen molar-refractivity contribution in [2.24, 2.45) is 0 Å². The number of hydrogen-bond acceptors (Lipinski definition) is 2. The molecular formula is C18H29KO2. The molecule has 114 valence electrons. The largest absolute Gasteiger partial charge is 1.00 e. The van der Waals surface area contributed by atoms with Gasteiger partial charge in [0.25, 0.3) is 0 Å². The molecule has 0 aliphatic carbocycles. The van der Waals surface area contributed by atoms with E-state index in [4.69, 9.17) is 4.74 Å². The van der Waals surface area contributed by atoms with Crippen LogP contribution in [-0.2, 0) is 16.1 Å². The van der Waals surface area contributed by atoms with E-state index < -0.39 is 0 Å². The maximum atomic E-state index is 11.6. The molecule has 0 atom stereocenters. The number of benzene rings is 1. The third-order valence-electron chi connectivity index (χ3n) is 3.48. The Bertz CT molecular complexity index is 357. The molecule has 0 aromatic heterocycles. The number of unbranched alkanes of at least 4 members (excludes halogenated alkanes) is 7. The van der Waals surface area contributed by atoms with Gasteiger partial charge in [-0.3, -0.25) is 4.79 Å². The second kappa shape index (κ2) is 15.2. The topological polar surface area (TPSA) is 26.3 Å². The summed E-state index contributed by atoms with van der Waals surface area (Å²) in [6.45, 7) is 2.64. The number of carbonyl (C=O) groups is 1. The summed E-state index contributed by atoms with van der Waals surface area (Å²) in [5.41, 5.74) is 1.05. The summed E-state index contributed by atoms with van der Waals surface area (Å²) >= 11 is 0. The van der Waals surface area contributed by atoms with Crippen molar-refractivity contribution in [1.82, 2.24) is 0 Å². The third-order valence-corrected chi connectivity index (χ3v) is 3.48. The van der Waals surface area contributed by atoms with Crippen molar-refractivity contribution in [1.29, 1.82) is 0 Å². The fourth-order valence-electron chi connectivity index (χ4n) is 2.21. The zero-order chi connectivity index (χ0) is 14.5. The van der Waals surface area contributed by atoms with Crippen molar-refractivity contribution >= 4 is 5.97 Å². The average Bonchev–Trinajstić information content (AvgIpc) is 2.49. The molecule has 0 spiro atoms. The molecule has 0 saturated carbocycles. The molecule has 1 aromatic rings. The van der Waals surface area contributed by atoms with Gasteiger partial charge >= 0.3 is 57.4 Å². The third kappa shape index (κ3) is 12.5. The van der Waals surface area contributed by atoms with Crippen molar-refractivity contribution in [3.8, 4) is 0 Å². The van der Waals surface area contributed by atoms with E-state index in [9.17, 15) is 4.79 Å². The maximum Gasteiger partial charge on any atom is 1.00 e. The fraction of sp³-hybridized carbons (Fsp3) is 0.611. The van der Waals surface area contributed by atoms with Crippen LogP contribution in [-0.4, -0.2) is 5.97 Å². The summed E-state index contributed by atoms with van der Waals surface area (Å²) in [7, 11) is 0. The zero-order valence-electron chi connectivity index (χ0n) is 14.8. The molecule has 1 rings (SSSR count). The second-order valence-electron chi connectivity index (χ2n) is 5.37. The molecule has 21 heavy (non-hydrogen) atoms. The molecule has 1 aromatic carbocycles. The van der Waals surface area contributed by atoms with E-state index in [-0.39, 0.29) is 58.8 Å². The summed E-state index contributed by atoms with van der Waals surface area (Å²) in [5.74, 6) is -0.0696. The van der Waals surface area contributed by atoms with Gasteiger partial charge in [0.1, 0.15) is 6.61 Å². The predicted molar refractivity (Wildman–Crippen MR) is 84.6 cm³/mol. The van der Waals surface area contributed by atoms with Gasteiger partial charge in [0.05, 0.1) is 0 Å². The molecule has 0 unspecified atom stereocenters. The van der Waals surface area contributed by atoms with Gasteiger partial charge in [-0.05, 0) is 12.0 Å². The number of carbonyl (C=O) groups excluding carboxylic acids is 1. The van der Waals surface area contributed by atoms with Crippen molar-refractivity contribution in [2.45, 2.75) is 71.3 Å². The van der Waals surface area contributed by atoms with Crippen molar-refractivity contribution in [3.63, 3.8) is 0 Å². The van der Waals surface area contributed by atoms with Crippen LogP contribution in [0.5, 0.6) is 0 Å². The SMILES string of the molecule is CCCCCCCCCCC(=O)OCc1ccccc1.[H-].[K+]. The minimum atomic E-state index is -0.0696. The van der Waals surface area contributed by atoms with Crippen LogP contribution in [0, 0.1) is 0 Å². The minimum absolute atomic E-state index is 0. The van der Waals surface area contributed by atoms with Crippen LogP contribution in [0.25, 0.3) is 0 Å². The smallest absolute Gasteiger partial charge is 1.00 e. The first kappa shape index (κ1) is 21.3. The van der Waals surface area contributed by atoms with Gasteiger partial charge in [0, 0.05) is 6.42 Å². The first-order chi connectivity index (χ1) is 9.83. The summed E-state index contributed by atoms with van der Waals surface area (Å²) in [6, 6.07) is 9.84. The van der Waals surface area contributed by atoms with Crippen LogP contribution in [0.3, 0.4) is 0 Å². The predicted octanol–water partition coefficient (Wildman–Crippen LogP) is 2.38. The van der Waals surface area contributed by atoms with Crippen LogP contribution in [0.15, 0.2) is 30.3 Å². The first-order valence-electron chi connectivity index (χ1n) is 8.02. The van der Waals surface area contributed by atoms with Crippen molar-refractivity contribution in [2.75, 3.05) is 0 Å². The molecule has 0 heterocycles. The quantitative estimate of drug-likeness (QED) is 0.356. The molecule has 0 fully saturated rings. The Balaban J connectivity index is 0. The summed E-state index contributed by atoms with van der Waals surface area (Å²) < 4.78 is 5.25. The van der Waals surface area contributed by atoms with E-state index >= 15 is 0 Å². The van der Waals surface area contributed by atoms with Crippen LogP contribution in [0.4, 0.5) is 0 Å². The van der Waals surface area contributed by atoms with Gasteiger partial charge < -0.3 is 6.16 Å². The molecule has 0 radical (unpaired) electrons. The Morgan fingerprint density at radius 2 is 1.52 bits per heavy atom. The van der Waals surface area contributed by atoms with Crippen molar-refractivity contribution in [3.05, 3.63) is 35.9 Å². The van der Waals surface area contributed by atoms with E-state index in [1.807, 2.05) is 30.3 Å². The molecule has 0 aliphatic rings. The van der Waals surface area contributed by atoms with Crippen LogP contribution < -0.4 is 51.4 Å². The average molecular weight is 317 g/mol. The fourth-order valence-corrected chi connectivity index (χ4v) is 2.21. The number of rotatable bonds is 11. The second-order valence-corrected chi connectivity index (χ2v) is 5.37. The molecule has 3 heteroatoms. The standard InChI is InChI=1S/C18H28O2.K.H/c1-2-3-4-5-6-7-8-12-15-18(19)20-16-17-13-10-9-11-14-17;;/h9-11,13-14H,2-8,12,15-16H2,1H3;;/q;+1;-1. The van der Waals surface area contributed by atoms with Gasteiger partial charge in [0.2, 0.25) is 0 Å². The Hall–Kier alpha value is 0.326. The van der Waals surface area contributed by atoms with Gasteiger partial charge in [-0.25, -0.2) is 0 Å². The number of ether oxygens (including phenoxy) is 1. The molecule has 0 N–H and O–H groups in total. The normalized spacial score (nSPS) is 9.95. The molecule has 0 saturated heterocycles. The van der Waals surface area contributed by atoms with Crippen LogP contribution >= 0.6 is 0 Å². The number of hydrogen-bond donors (Lipinski definition) is 0. The van der Waals surface area contributed by atoms with Crippen molar-refractivity contribution < 1.29 is 62.3 Å². The zero-order valence-corrected chi connectivity index (χ0v) is 16.9. The van der Waals surface area contributed by atoms with E-state index in [1.54, 1.807) is 0 Å². The van der Waals surface area contributed by atoms with Gasteiger partial charge in [-0.15, -0.1) is 0 Å². The van der Waals surface area contributed by atoms with E-state index in [1.165, 1.54) is 38.5 Å². The molecule has 0 bridgehead atoms. The molecule has 0 amide bonds. The molecular weight excluding hydrogens is 287 g/mol. The Morgan fingerprint density at radius 3 is 2.14 bits per heavy atom. The molecule has 0 aliphatic heterocycles. The van der Waals surface area contributed by atoms with Crippen LogP contribution in [0.1, 0.15) is 71.7 Å². The molecule has 2 nitrogen and oxygen atoms in total. The van der Waals surface area contributed by atoms with E-state index in [0.29, 0.717) is 13.0 Å². The monoisotopic (exact) mass is 316 g/mol. The summed E-state index contributed by atoms with van der Waals surface area (Å²) in [4.78, 5) is 11.6.